The van der Waals surface area contributed by atoms with Gasteiger partial charge in [0.2, 0.25) is 0 Å². The minimum absolute atomic E-state index is 0.208. The summed E-state index contributed by atoms with van der Waals surface area (Å²) < 4.78 is 10.3. The summed E-state index contributed by atoms with van der Waals surface area (Å²) >= 11 is 0. The third-order valence-corrected chi connectivity index (χ3v) is 3.63. The van der Waals surface area contributed by atoms with E-state index in [-0.39, 0.29) is 12.6 Å². The van der Waals surface area contributed by atoms with Crippen molar-refractivity contribution in [2.24, 2.45) is 0 Å². The van der Waals surface area contributed by atoms with Crippen molar-refractivity contribution in [1.82, 2.24) is 9.80 Å². The van der Waals surface area contributed by atoms with Crippen molar-refractivity contribution in [3.63, 3.8) is 0 Å². The number of nitrogens with zero attached hydrogens (tertiary/aromatic N) is 2. The van der Waals surface area contributed by atoms with Crippen molar-refractivity contribution in [2.75, 3.05) is 46.4 Å². The lowest BCUT2D eigenvalue weighted by Gasteiger charge is -2.33. The zero-order valence-electron chi connectivity index (χ0n) is 12.1. The van der Waals surface area contributed by atoms with E-state index in [1.165, 1.54) is 7.11 Å². The van der Waals surface area contributed by atoms with Gasteiger partial charge in [-0.05, 0) is 13.0 Å². The molecule has 1 aromatic heterocycles. The van der Waals surface area contributed by atoms with Crippen LogP contribution in [0, 0.1) is 6.92 Å². The molecule has 1 aliphatic rings. The molecule has 0 spiro atoms. The van der Waals surface area contributed by atoms with Gasteiger partial charge in [-0.1, -0.05) is 0 Å². The number of rotatable bonds is 5. The van der Waals surface area contributed by atoms with Crippen LogP contribution in [-0.4, -0.2) is 67.3 Å². The van der Waals surface area contributed by atoms with Gasteiger partial charge in [0.05, 0.1) is 20.3 Å². The van der Waals surface area contributed by atoms with E-state index in [1.54, 1.807) is 13.0 Å². The topological polar surface area (TPSA) is 66.2 Å². The second kappa shape index (κ2) is 6.88. The summed E-state index contributed by atoms with van der Waals surface area (Å²) in [6.07, 6.45) is 0. The smallest absolute Gasteiger partial charge is 0.341 e. The maximum Gasteiger partial charge on any atom is 0.341 e. The normalized spacial score (nSPS) is 17.4. The first-order valence-electron chi connectivity index (χ1n) is 6.87. The molecule has 0 bridgehead atoms. The van der Waals surface area contributed by atoms with Crippen LogP contribution in [0.1, 0.15) is 21.9 Å². The Morgan fingerprint density at radius 3 is 2.60 bits per heavy atom. The summed E-state index contributed by atoms with van der Waals surface area (Å²) in [5.74, 6) is 1.04. The number of piperazine rings is 1. The van der Waals surface area contributed by atoms with Crippen molar-refractivity contribution in [3.05, 3.63) is 23.2 Å². The molecule has 1 N–H and O–H groups in total. The maximum absolute atomic E-state index is 11.5. The number of esters is 1. The van der Waals surface area contributed by atoms with Gasteiger partial charge in [-0.15, -0.1) is 0 Å². The van der Waals surface area contributed by atoms with Crippen LogP contribution >= 0.6 is 0 Å². The number of carbonyl (C=O) groups is 1. The summed E-state index contributed by atoms with van der Waals surface area (Å²) in [7, 11) is 1.37. The molecular formula is C14H22N2O4. The molecule has 2 rings (SSSR count). The molecule has 0 saturated carbocycles. The molecule has 1 aliphatic heterocycles. The third kappa shape index (κ3) is 3.59. The molecule has 0 aliphatic carbocycles. The molecule has 0 radical (unpaired) electrons. The first-order chi connectivity index (χ1) is 9.63. The lowest BCUT2D eigenvalue weighted by molar-refractivity contribution is 0.0599. The molecule has 0 amide bonds. The first kappa shape index (κ1) is 15.0. The van der Waals surface area contributed by atoms with E-state index >= 15 is 0 Å². The average Bonchev–Trinajstić information content (AvgIpc) is 2.81. The second-order valence-electron chi connectivity index (χ2n) is 5.02. The minimum atomic E-state index is -0.356. The Balaban J connectivity index is 1.90. The second-order valence-corrected chi connectivity index (χ2v) is 5.02. The number of β-amino-alcohol motifs (C(OH)–C–C–N with tert-alkyl or cyclic N) is 1. The predicted molar refractivity (Wildman–Crippen MR) is 73.6 cm³/mol. The highest BCUT2D eigenvalue weighted by molar-refractivity contribution is 5.90. The standard InChI is InChI=1S/C14H22N2O4/c1-11-13(14(18)19-2)9-12(20-11)10-16-5-3-15(4-6-16)7-8-17/h9,17H,3-8,10H2,1-2H3. The number of methoxy groups -OCH3 is 1. The number of aliphatic hydroxyl groups is 1. The van der Waals surface area contributed by atoms with Gasteiger partial charge in [-0.25, -0.2) is 4.79 Å². The van der Waals surface area contributed by atoms with E-state index in [0.717, 1.165) is 38.5 Å². The molecule has 1 aromatic rings. The van der Waals surface area contributed by atoms with Crippen LogP contribution in [-0.2, 0) is 11.3 Å². The van der Waals surface area contributed by atoms with Crippen LogP contribution in [0.15, 0.2) is 10.5 Å². The quantitative estimate of drug-likeness (QED) is 0.793. The Morgan fingerprint density at radius 2 is 2.00 bits per heavy atom. The van der Waals surface area contributed by atoms with E-state index in [0.29, 0.717) is 17.9 Å². The first-order valence-corrected chi connectivity index (χ1v) is 6.87. The molecule has 0 atom stereocenters. The highest BCUT2D eigenvalue weighted by Crippen LogP contribution is 2.18. The van der Waals surface area contributed by atoms with Crippen LogP contribution in [0.5, 0.6) is 0 Å². The molecule has 6 nitrogen and oxygen atoms in total. The van der Waals surface area contributed by atoms with Gasteiger partial charge in [0, 0.05) is 32.7 Å². The van der Waals surface area contributed by atoms with Crippen molar-refractivity contribution in [2.45, 2.75) is 13.5 Å². The molecule has 1 fully saturated rings. The van der Waals surface area contributed by atoms with Gasteiger partial charge >= 0.3 is 5.97 Å². The van der Waals surface area contributed by atoms with Crippen molar-refractivity contribution >= 4 is 5.97 Å². The number of hydrogen-bond donors (Lipinski definition) is 1. The molecule has 6 heteroatoms. The van der Waals surface area contributed by atoms with Crippen LogP contribution in [0.4, 0.5) is 0 Å². The lowest BCUT2D eigenvalue weighted by atomic mass is 10.2. The van der Waals surface area contributed by atoms with E-state index in [9.17, 15) is 4.79 Å². The highest BCUT2D eigenvalue weighted by atomic mass is 16.5. The van der Waals surface area contributed by atoms with Crippen LogP contribution in [0.25, 0.3) is 0 Å². The fourth-order valence-corrected chi connectivity index (χ4v) is 2.47. The minimum Gasteiger partial charge on any atom is -0.465 e. The molecule has 112 valence electrons. The van der Waals surface area contributed by atoms with E-state index < -0.39 is 0 Å². The molecule has 2 heterocycles. The number of aryl methyl sites for hydroxylation is 1. The Labute approximate surface area is 118 Å². The SMILES string of the molecule is COC(=O)c1cc(CN2CCN(CCO)CC2)oc1C. The van der Waals surface area contributed by atoms with Crippen LogP contribution < -0.4 is 0 Å². The number of aliphatic hydroxyl groups excluding tert-OH is 1. The van der Waals surface area contributed by atoms with Gasteiger partial charge in [-0.2, -0.15) is 0 Å². The van der Waals surface area contributed by atoms with E-state index in [4.69, 9.17) is 14.3 Å². The van der Waals surface area contributed by atoms with Gasteiger partial charge < -0.3 is 14.3 Å². The monoisotopic (exact) mass is 282 g/mol. The molecule has 1 saturated heterocycles. The van der Waals surface area contributed by atoms with Gasteiger partial charge in [0.15, 0.2) is 0 Å². The Bertz CT molecular complexity index is 450. The van der Waals surface area contributed by atoms with Gasteiger partial charge in [0.1, 0.15) is 17.1 Å². The average molecular weight is 282 g/mol. The van der Waals surface area contributed by atoms with E-state index in [1.807, 2.05) is 0 Å². The Morgan fingerprint density at radius 1 is 1.35 bits per heavy atom. The van der Waals surface area contributed by atoms with E-state index in [2.05, 4.69) is 9.80 Å². The number of ether oxygens (including phenoxy) is 1. The van der Waals surface area contributed by atoms with Crippen molar-refractivity contribution in [1.29, 1.82) is 0 Å². The number of furan rings is 1. The number of carbonyl (C=O) groups excluding carboxylic acids is 1. The molecule has 0 aromatic carbocycles. The summed E-state index contributed by atoms with van der Waals surface area (Å²) in [6.45, 7) is 7.19. The maximum atomic E-state index is 11.5. The lowest BCUT2D eigenvalue weighted by Crippen LogP contribution is -2.46. The summed E-state index contributed by atoms with van der Waals surface area (Å²) in [6, 6.07) is 1.77. The fourth-order valence-electron chi connectivity index (χ4n) is 2.47. The van der Waals surface area contributed by atoms with Crippen LogP contribution in [0.2, 0.25) is 0 Å². The molecular weight excluding hydrogens is 260 g/mol. The Kier molecular flexibility index (Phi) is 5.17. The zero-order chi connectivity index (χ0) is 14.5. The zero-order valence-corrected chi connectivity index (χ0v) is 12.1. The third-order valence-electron chi connectivity index (χ3n) is 3.63. The van der Waals surface area contributed by atoms with Crippen molar-refractivity contribution in [3.8, 4) is 0 Å². The number of hydrogen-bond acceptors (Lipinski definition) is 6. The largest absolute Gasteiger partial charge is 0.465 e. The summed E-state index contributed by atoms with van der Waals surface area (Å²) in [5.41, 5.74) is 0.501. The van der Waals surface area contributed by atoms with Crippen LogP contribution in [0.3, 0.4) is 0 Å². The van der Waals surface area contributed by atoms with Crippen molar-refractivity contribution < 1.29 is 19.1 Å². The van der Waals surface area contributed by atoms with Gasteiger partial charge in [0.25, 0.3) is 0 Å². The summed E-state index contributed by atoms with van der Waals surface area (Å²) in [4.78, 5) is 16.1. The Hall–Kier alpha value is -1.37. The molecule has 20 heavy (non-hydrogen) atoms. The molecule has 0 unspecified atom stereocenters. The fraction of sp³-hybridized carbons (Fsp3) is 0.643. The van der Waals surface area contributed by atoms with Gasteiger partial charge in [-0.3, -0.25) is 9.80 Å². The highest BCUT2D eigenvalue weighted by Gasteiger charge is 2.20. The predicted octanol–water partition coefficient (Wildman–Crippen LogP) is 0.485. The summed E-state index contributed by atoms with van der Waals surface area (Å²) in [5, 5.41) is 8.91.